The molecule has 6 heteroatoms. The second-order valence-corrected chi connectivity index (χ2v) is 6.30. The van der Waals surface area contributed by atoms with E-state index in [4.69, 9.17) is 0 Å². The molecule has 0 atom stereocenters. The third-order valence-corrected chi connectivity index (χ3v) is 5.07. The van der Waals surface area contributed by atoms with Crippen LogP contribution in [0.25, 0.3) is 0 Å². The number of nitrogens with one attached hydrogen (secondary N) is 1. The lowest BCUT2D eigenvalue weighted by Gasteiger charge is -2.08. The third kappa shape index (κ3) is 3.30. The Balaban J connectivity index is 2.09. The number of aromatic nitrogens is 2. The van der Waals surface area contributed by atoms with Crippen molar-refractivity contribution < 1.29 is 4.79 Å². The maximum Gasteiger partial charge on any atom is 0.246 e. The van der Waals surface area contributed by atoms with Crippen LogP contribution in [0, 0.1) is 20.8 Å². The standard InChI is InChI=1S/C14H15Br2N3O/c1-8-6-11(4-5-12(8)15)17-13(20)7-19-10(3)14(16)9(2)18-19/h4-6H,7H2,1-3H3,(H,17,20). The van der Waals surface area contributed by atoms with Gasteiger partial charge in [-0.1, -0.05) is 15.9 Å². The van der Waals surface area contributed by atoms with Crippen LogP contribution in [0.15, 0.2) is 27.1 Å². The molecule has 1 N–H and O–H groups in total. The van der Waals surface area contributed by atoms with Crippen molar-refractivity contribution in [3.63, 3.8) is 0 Å². The van der Waals surface area contributed by atoms with Gasteiger partial charge in [-0.2, -0.15) is 5.10 Å². The van der Waals surface area contributed by atoms with E-state index in [1.165, 1.54) is 0 Å². The van der Waals surface area contributed by atoms with E-state index >= 15 is 0 Å². The Kier molecular flexibility index (Phi) is 4.65. The van der Waals surface area contributed by atoms with E-state index in [-0.39, 0.29) is 12.5 Å². The van der Waals surface area contributed by atoms with Crippen LogP contribution in [0.3, 0.4) is 0 Å². The average molecular weight is 401 g/mol. The van der Waals surface area contributed by atoms with Gasteiger partial charge in [0, 0.05) is 10.2 Å². The summed E-state index contributed by atoms with van der Waals surface area (Å²) in [6.07, 6.45) is 0. The maximum absolute atomic E-state index is 12.1. The molecule has 0 aliphatic rings. The number of hydrogen-bond donors (Lipinski definition) is 1. The van der Waals surface area contributed by atoms with Crippen LogP contribution in [0.5, 0.6) is 0 Å². The number of amides is 1. The zero-order valence-corrected chi connectivity index (χ0v) is 14.7. The van der Waals surface area contributed by atoms with Gasteiger partial charge in [0.1, 0.15) is 6.54 Å². The van der Waals surface area contributed by atoms with Gasteiger partial charge in [-0.05, 0) is 60.5 Å². The predicted molar refractivity (Wildman–Crippen MR) is 86.9 cm³/mol. The molecule has 0 unspecified atom stereocenters. The van der Waals surface area contributed by atoms with Crippen molar-refractivity contribution >= 4 is 43.5 Å². The highest BCUT2D eigenvalue weighted by molar-refractivity contribution is 9.10. The topological polar surface area (TPSA) is 46.9 Å². The number of benzene rings is 1. The first-order valence-corrected chi connectivity index (χ1v) is 7.72. The fourth-order valence-electron chi connectivity index (χ4n) is 1.89. The number of rotatable bonds is 3. The van der Waals surface area contributed by atoms with Gasteiger partial charge in [-0.25, -0.2) is 0 Å². The van der Waals surface area contributed by atoms with Crippen LogP contribution in [0.1, 0.15) is 17.0 Å². The van der Waals surface area contributed by atoms with Crippen molar-refractivity contribution in [2.24, 2.45) is 0 Å². The van der Waals surface area contributed by atoms with Crippen LogP contribution < -0.4 is 5.32 Å². The molecule has 1 heterocycles. The smallest absolute Gasteiger partial charge is 0.246 e. The minimum Gasteiger partial charge on any atom is -0.324 e. The maximum atomic E-state index is 12.1. The lowest BCUT2D eigenvalue weighted by Crippen LogP contribution is -2.20. The Bertz CT molecular complexity index is 665. The van der Waals surface area contributed by atoms with Crippen LogP contribution in [0.4, 0.5) is 5.69 Å². The first-order chi connectivity index (χ1) is 9.38. The number of hydrogen-bond acceptors (Lipinski definition) is 2. The van der Waals surface area contributed by atoms with Crippen LogP contribution in [-0.2, 0) is 11.3 Å². The van der Waals surface area contributed by atoms with E-state index in [9.17, 15) is 4.79 Å². The Labute approximate surface area is 134 Å². The molecule has 20 heavy (non-hydrogen) atoms. The fourth-order valence-corrected chi connectivity index (χ4v) is 2.42. The molecule has 0 bridgehead atoms. The SMILES string of the molecule is Cc1cc(NC(=O)Cn2nc(C)c(Br)c2C)ccc1Br. The quantitative estimate of drug-likeness (QED) is 0.847. The lowest BCUT2D eigenvalue weighted by molar-refractivity contribution is -0.116. The highest BCUT2D eigenvalue weighted by atomic mass is 79.9. The molecule has 0 aliphatic carbocycles. The Morgan fingerprint density at radius 2 is 2.00 bits per heavy atom. The van der Waals surface area contributed by atoms with E-state index in [2.05, 4.69) is 42.3 Å². The van der Waals surface area contributed by atoms with Crippen molar-refractivity contribution in [2.75, 3.05) is 5.32 Å². The van der Waals surface area contributed by atoms with Gasteiger partial charge < -0.3 is 5.32 Å². The summed E-state index contributed by atoms with van der Waals surface area (Å²) in [5.74, 6) is -0.0928. The monoisotopic (exact) mass is 399 g/mol. The number of nitrogens with zero attached hydrogens (tertiary/aromatic N) is 2. The zero-order chi connectivity index (χ0) is 14.9. The van der Waals surface area contributed by atoms with Gasteiger partial charge in [0.25, 0.3) is 0 Å². The number of aryl methyl sites for hydroxylation is 2. The molecule has 1 aromatic heterocycles. The van der Waals surface area contributed by atoms with Crippen molar-refractivity contribution in [1.29, 1.82) is 0 Å². The molecule has 1 aromatic carbocycles. The van der Waals surface area contributed by atoms with Crippen LogP contribution in [-0.4, -0.2) is 15.7 Å². The Morgan fingerprint density at radius 3 is 2.55 bits per heavy atom. The van der Waals surface area contributed by atoms with E-state index in [1.807, 2.05) is 39.0 Å². The van der Waals surface area contributed by atoms with Gasteiger partial charge in [0.2, 0.25) is 5.91 Å². The first-order valence-electron chi connectivity index (χ1n) is 6.14. The highest BCUT2D eigenvalue weighted by Gasteiger charge is 2.12. The van der Waals surface area contributed by atoms with Crippen molar-refractivity contribution in [3.8, 4) is 0 Å². The van der Waals surface area contributed by atoms with Gasteiger partial charge in [-0.3, -0.25) is 9.48 Å². The minimum atomic E-state index is -0.0928. The summed E-state index contributed by atoms with van der Waals surface area (Å²) in [6, 6.07) is 5.72. The molecular formula is C14H15Br2N3O. The normalized spacial score (nSPS) is 10.7. The van der Waals surface area contributed by atoms with E-state index in [0.29, 0.717) is 0 Å². The molecular weight excluding hydrogens is 386 g/mol. The molecule has 0 saturated carbocycles. The third-order valence-electron chi connectivity index (χ3n) is 3.03. The average Bonchev–Trinajstić information content (AvgIpc) is 2.61. The van der Waals surface area contributed by atoms with Gasteiger partial charge in [0.15, 0.2) is 0 Å². The first kappa shape index (κ1) is 15.3. The second kappa shape index (κ2) is 6.10. The van der Waals surface area contributed by atoms with E-state index in [1.54, 1.807) is 4.68 Å². The Morgan fingerprint density at radius 1 is 1.30 bits per heavy atom. The molecule has 0 saturated heterocycles. The summed E-state index contributed by atoms with van der Waals surface area (Å²) in [5.41, 5.74) is 3.70. The molecule has 0 fully saturated rings. The molecule has 106 valence electrons. The number of anilines is 1. The summed E-state index contributed by atoms with van der Waals surface area (Å²) in [7, 11) is 0. The van der Waals surface area contributed by atoms with Gasteiger partial charge in [-0.15, -0.1) is 0 Å². The second-order valence-electron chi connectivity index (χ2n) is 4.65. The molecule has 4 nitrogen and oxygen atoms in total. The number of carbonyl (C=O) groups excluding carboxylic acids is 1. The summed E-state index contributed by atoms with van der Waals surface area (Å²) in [6.45, 7) is 6.02. The highest BCUT2D eigenvalue weighted by Crippen LogP contribution is 2.21. The summed E-state index contributed by atoms with van der Waals surface area (Å²) in [5, 5.41) is 7.20. The molecule has 2 aromatic rings. The predicted octanol–water partition coefficient (Wildman–Crippen LogP) is 3.97. The van der Waals surface area contributed by atoms with E-state index in [0.717, 1.165) is 31.6 Å². The van der Waals surface area contributed by atoms with E-state index < -0.39 is 0 Å². The molecule has 0 radical (unpaired) electrons. The van der Waals surface area contributed by atoms with Gasteiger partial charge in [0.05, 0.1) is 15.9 Å². The van der Waals surface area contributed by atoms with Crippen LogP contribution >= 0.6 is 31.9 Å². The van der Waals surface area contributed by atoms with Crippen molar-refractivity contribution in [3.05, 3.63) is 44.1 Å². The fraction of sp³-hybridized carbons (Fsp3) is 0.286. The minimum absolute atomic E-state index is 0.0928. The molecule has 2 rings (SSSR count). The zero-order valence-electron chi connectivity index (χ0n) is 11.5. The molecule has 1 amide bonds. The summed E-state index contributed by atoms with van der Waals surface area (Å²) >= 11 is 6.89. The van der Waals surface area contributed by atoms with Crippen molar-refractivity contribution in [2.45, 2.75) is 27.3 Å². The number of carbonyl (C=O) groups is 1. The van der Waals surface area contributed by atoms with Crippen LogP contribution in [0.2, 0.25) is 0 Å². The number of halogens is 2. The summed E-state index contributed by atoms with van der Waals surface area (Å²) in [4.78, 5) is 12.1. The van der Waals surface area contributed by atoms with Gasteiger partial charge >= 0.3 is 0 Å². The van der Waals surface area contributed by atoms with Crippen molar-refractivity contribution in [1.82, 2.24) is 9.78 Å². The summed E-state index contributed by atoms with van der Waals surface area (Å²) < 4.78 is 3.67. The largest absolute Gasteiger partial charge is 0.324 e. The molecule has 0 aliphatic heterocycles. The Hall–Kier alpha value is -1.14. The molecule has 0 spiro atoms. The lowest BCUT2D eigenvalue weighted by atomic mass is 10.2.